The predicted octanol–water partition coefficient (Wildman–Crippen LogP) is 2.66. The van der Waals surface area contributed by atoms with Crippen molar-refractivity contribution in [1.29, 1.82) is 0 Å². The topological polar surface area (TPSA) is 70.8 Å². The molecular formula is C16H33NO4. The Kier molecular flexibility index (Phi) is 16.9. The summed E-state index contributed by atoms with van der Waals surface area (Å²) in [5, 5.41) is 0. The minimum Gasteiger partial charge on any atom is -0.379 e. The quantitative estimate of drug-likeness (QED) is 0.419. The van der Waals surface area contributed by atoms with Gasteiger partial charge in [-0.1, -0.05) is 51.9 Å². The molecule has 0 heterocycles. The Bertz CT molecular complexity index is 224. The van der Waals surface area contributed by atoms with Crippen LogP contribution in [0.1, 0.15) is 58.3 Å². The number of unbranched alkanes of at least 4 members (excludes halogenated alkanes) is 7. The minimum atomic E-state index is -0.455. The first-order valence-electron chi connectivity index (χ1n) is 8.29. The molecule has 0 aromatic heterocycles. The number of amides is 1. The molecule has 2 N–H and O–H groups in total. The lowest BCUT2D eigenvalue weighted by Gasteiger charge is -2.06. The average molecular weight is 303 g/mol. The lowest BCUT2D eigenvalue weighted by Crippen LogP contribution is -2.20. The van der Waals surface area contributed by atoms with E-state index in [-0.39, 0.29) is 6.61 Å². The zero-order valence-electron chi connectivity index (χ0n) is 13.6. The molecule has 0 bridgehead atoms. The van der Waals surface area contributed by atoms with Crippen LogP contribution in [0.25, 0.3) is 0 Å². The van der Waals surface area contributed by atoms with Gasteiger partial charge in [-0.2, -0.15) is 0 Å². The largest absolute Gasteiger partial charge is 0.379 e. The highest BCUT2D eigenvalue weighted by Crippen LogP contribution is 2.08. The number of hydrogen-bond acceptors (Lipinski definition) is 4. The van der Waals surface area contributed by atoms with Crippen LogP contribution in [-0.4, -0.2) is 45.5 Å². The molecule has 5 nitrogen and oxygen atoms in total. The van der Waals surface area contributed by atoms with E-state index in [1.807, 2.05) is 0 Å². The SMILES string of the molecule is CCCCCCCCCCOCCOCCOCC(N)=O. The van der Waals surface area contributed by atoms with Crippen molar-refractivity contribution in [3.05, 3.63) is 0 Å². The molecule has 0 aliphatic carbocycles. The van der Waals surface area contributed by atoms with Crippen LogP contribution in [0.4, 0.5) is 0 Å². The summed E-state index contributed by atoms with van der Waals surface area (Å²) in [4.78, 5) is 10.4. The molecule has 0 rings (SSSR count). The van der Waals surface area contributed by atoms with Gasteiger partial charge in [0.2, 0.25) is 5.91 Å². The Labute approximate surface area is 129 Å². The lowest BCUT2D eigenvalue weighted by molar-refractivity contribution is -0.123. The van der Waals surface area contributed by atoms with Crippen LogP contribution in [0.15, 0.2) is 0 Å². The number of nitrogens with two attached hydrogens (primary N) is 1. The lowest BCUT2D eigenvalue weighted by atomic mass is 10.1. The van der Waals surface area contributed by atoms with E-state index in [0.29, 0.717) is 26.4 Å². The van der Waals surface area contributed by atoms with Crippen molar-refractivity contribution in [2.45, 2.75) is 58.3 Å². The molecule has 0 aromatic rings. The predicted molar refractivity (Wildman–Crippen MR) is 84.3 cm³/mol. The standard InChI is InChI=1S/C16H33NO4/c1-2-3-4-5-6-7-8-9-10-19-11-12-20-13-14-21-15-16(17)18/h2-15H2,1H3,(H2,17,18). The molecule has 0 fully saturated rings. The van der Waals surface area contributed by atoms with E-state index in [2.05, 4.69) is 6.92 Å². The summed E-state index contributed by atoms with van der Waals surface area (Å²) in [6, 6.07) is 0. The summed E-state index contributed by atoms with van der Waals surface area (Å²) in [5.74, 6) is -0.455. The van der Waals surface area contributed by atoms with Gasteiger partial charge < -0.3 is 19.9 Å². The normalized spacial score (nSPS) is 10.9. The van der Waals surface area contributed by atoms with Gasteiger partial charge in [-0.25, -0.2) is 0 Å². The number of primary amides is 1. The monoisotopic (exact) mass is 303 g/mol. The Balaban J connectivity index is 2.95. The van der Waals surface area contributed by atoms with E-state index < -0.39 is 5.91 Å². The van der Waals surface area contributed by atoms with Crippen LogP contribution in [0.5, 0.6) is 0 Å². The van der Waals surface area contributed by atoms with E-state index in [1.165, 1.54) is 44.9 Å². The summed E-state index contributed by atoms with van der Waals surface area (Å²) in [5.41, 5.74) is 4.93. The van der Waals surface area contributed by atoms with Gasteiger partial charge in [0.05, 0.1) is 26.4 Å². The molecule has 0 aliphatic rings. The third-order valence-corrected chi connectivity index (χ3v) is 3.13. The Hall–Kier alpha value is -0.650. The van der Waals surface area contributed by atoms with Gasteiger partial charge in [-0.05, 0) is 6.42 Å². The second-order valence-corrected chi connectivity index (χ2v) is 5.22. The first-order chi connectivity index (χ1) is 10.3. The van der Waals surface area contributed by atoms with E-state index in [0.717, 1.165) is 13.0 Å². The highest BCUT2D eigenvalue weighted by atomic mass is 16.5. The summed E-state index contributed by atoms with van der Waals surface area (Å²) >= 11 is 0. The van der Waals surface area contributed by atoms with Gasteiger partial charge in [-0.3, -0.25) is 4.79 Å². The third kappa shape index (κ3) is 19.4. The van der Waals surface area contributed by atoms with Gasteiger partial charge in [-0.15, -0.1) is 0 Å². The fraction of sp³-hybridized carbons (Fsp3) is 0.938. The molecule has 0 spiro atoms. The van der Waals surface area contributed by atoms with Crippen molar-refractivity contribution < 1.29 is 19.0 Å². The van der Waals surface area contributed by atoms with Gasteiger partial charge >= 0.3 is 0 Å². The molecular weight excluding hydrogens is 270 g/mol. The number of rotatable bonds is 17. The van der Waals surface area contributed by atoms with E-state index in [9.17, 15) is 4.79 Å². The molecule has 0 saturated carbocycles. The van der Waals surface area contributed by atoms with E-state index >= 15 is 0 Å². The molecule has 0 saturated heterocycles. The molecule has 21 heavy (non-hydrogen) atoms. The number of ether oxygens (including phenoxy) is 3. The Morgan fingerprint density at radius 1 is 0.714 bits per heavy atom. The van der Waals surface area contributed by atoms with Crippen molar-refractivity contribution in [3.8, 4) is 0 Å². The molecule has 126 valence electrons. The molecule has 0 radical (unpaired) electrons. The first kappa shape index (κ1) is 20.3. The maximum Gasteiger partial charge on any atom is 0.243 e. The van der Waals surface area contributed by atoms with E-state index in [1.54, 1.807) is 0 Å². The number of carbonyl (C=O) groups excluding carboxylic acids is 1. The van der Waals surface area contributed by atoms with Crippen LogP contribution in [0.2, 0.25) is 0 Å². The summed E-state index contributed by atoms with van der Waals surface area (Å²) < 4.78 is 15.7. The maximum atomic E-state index is 10.4. The van der Waals surface area contributed by atoms with Crippen molar-refractivity contribution in [1.82, 2.24) is 0 Å². The average Bonchev–Trinajstić information content (AvgIpc) is 2.46. The maximum absolute atomic E-state index is 10.4. The number of carbonyl (C=O) groups is 1. The summed E-state index contributed by atoms with van der Waals surface area (Å²) in [6.45, 7) is 5.06. The van der Waals surface area contributed by atoms with Crippen LogP contribution in [-0.2, 0) is 19.0 Å². The molecule has 5 heteroatoms. The second kappa shape index (κ2) is 17.4. The third-order valence-electron chi connectivity index (χ3n) is 3.13. The zero-order valence-corrected chi connectivity index (χ0v) is 13.6. The van der Waals surface area contributed by atoms with Gasteiger partial charge in [0.25, 0.3) is 0 Å². The fourth-order valence-corrected chi connectivity index (χ4v) is 1.95. The van der Waals surface area contributed by atoms with Crippen LogP contribution < -0.4 is 5.73 Å². The number of hydrogen-bond donors (Lipinski definition) is 1. The molecule has 0 aliphatic heterocycles. The molecule has 0 unspecified atom stereocenters. The van der Waals surface area contributed by atoms with Crippen molar-refractivity contribution in [2.75, 3.05) is 39.6 Å². The highest BCUT2D eigenvalue weighted by molar-refractivity contribution is 5.74. The van der Waals surface area contributed by atoms with Crippen molar-refractivity contribution >= 4 is 5.91 Å². The first-order valence-corrected chi connectivity index (χ1v) is 8.29. The fourth-order valence-electron chi connectivity index (χ4n) is 1.95. The minimum absolute atomic E-state index is 0.0433. The van der Waals surface area contributed by atoms with Crippen molar-refractivity contribution in [3.63, 3.8) is 0 Å². The Morgan fingerprint density at radius 2 is 1.19 bits per heavy atom. The van der Waals surface area contributed by atoms with Crippen LogP contribution >= 0.6 is 0 Å². The Morgan fingerprint density at radius 3 is 1.76 bits per heavy atom. The summed E-state index contributed by atoms with van der Waals surface area (Å²) in [6.07, 6.45) is 10.5. The zero-order chi connectivity index (χ0) is 15.6. The van der Waals surface area contributed by atoms with Crippen LogP contribution in [0, 0.1) is 0 Å². The van der Waals surface area contributed by atoms with Gasteiger partial charge in [0.15, 0.2) is 0 Å². The van der Waals surface area contributed by atoms with Gasteiger partial charge in [0.1, 0.15) is 6.61 Å². The second-order valence-electron chi connectivity index (χ2n) is 5.22. The van der Waals surface area contributed by atoms with Crippen LogP contribution in [0.3, 0.4) is 0 Å². The van der Waals surface area contributed by atoms with Gasteiger partial charge in [0, 0.05) is 6.61 Å². The molecule has 0 aromatic carbocycles. The molecule has 0 atom stereocenters. The van der Waals surface area contributed by atoms with E-state index in [4.69, 9.17) is 19.9 Å². The van der Waals surface area contributed by atoms with Crippen molar-refractivity contribution in [2.24, 2.45) is 5.73 Å². The smallest absolute Gasteiger partial charge is 0.243 e. The molecule has 1 amide bonds. The highest BCUT2D eigenvalue weighted by Gasteiger charge is 1.95. The summed E-state index contributed by atoms with van der Waals surface area (Å²) in [7, 11) is 0.